The summed E-state index contributed by atoms with van der Waals surface area (Å²) in [6, 6.07) is 2.36. The van der Waals surface area contributed by atoms with Gasteiger partial charge in [-0.15, -0.1) is 0 Å². The number of hydrogen-bond acceptors (Lipinski definition) is 3. The Hall–Kier alpha value is -0.120. The van der Waals surface area contributed by atoms with Gasteiger partial charge in [0.15, 0.2) is 0 Å². The molecule has 2 fully saturated rings. The van der Waals surface area contributed by atoms with Gasteiger partial charge in [-0.05, 0) is 51.6 Å². The molecule has 2 rings (SSSR count). The Labute approximate surface area is 99.2 Å². The zero-order valence-corrected chi connectivity index (χ0v) is 10.7. The van der Waals surface area contributed by atoms with Gasteiger partial charge in [0.25, 0.3) is 0 Å². The molecule has 94 valence electrons. The Bertz CT molecular complexity index is 208. The van der Waals surface area contributed by atoms with Crippen molar-refractivity contribution in [2.75, 3.05) is 20.2 Å². The molecular weight excluding hydrogens is 200 g/mol. The smallest absolute Gasteiger partial charge is 0.0434 e. The van der Waals surface area contributed by atoms with Crippen LogP contribution in [0.5, 0.6) is 0 Å². The number of piperidine rings is 1. The zero-order valence-electron chi connectivity index (χ0n) is 10.7. The van der Waals surface area contributed by atoms with Gasteiger partial charge in [0.05, 0.1) is 0 Å². The summed E-state index contributed by atoms with van der Waals surface area (Å²) in [7, 11) is 2.28. The molecule has 2 saturated heterocycles. The van der Waals surface area contributed by atoms with E-state index in [-0.39, 0.29) is 0 Å². The van der Waals surface area contributed by atoms with Crippen molar-refractivity contribution in [3.05, 3.63) is 0 Å². The van der Waals surface area contributed by atoms with E-state index in [9.17, 15) is 0 Å². The largest absolute Gasteiger partial charge is 0.396 e. The van der Waals surface area contributed by atoms with Crippen LogP contribution in [0.2, 0.25) is 0 Å². The summed E-state index contributed by atoms with van der Waals surface area (Å²) in [4.78, 5) is 2.58. The summed E-state index contributed by atoms with van der Waals surface area (Å²) in [5.74, 6) is 0.599. The van der Waals surface area contributed by atoms with Crippen LogP contribution in [0.25, 0.3) is 0 Å². The fourth-order valence-corrected chi connectivity index (χ4v) is 3.27. The molecule has 0 amide bonds. The first-order valence-corrected chi connectivity index (χ1v) is 6.77. The third kappa shape index (κ3) is 2.76. The number of nitrogens with zero attached hydrogens (tertiary/aromatic N) is 1. The molecule has 16 heavy (non-hydrogen) atoms. The SMILES string of the molecule is CC(CCO)CNC1CC2CCC(C1)N2C. The Morgan fingerprint density at radius 1 is 1.31 bits per heavy atom. The highest BCUT2D eigenvalue weighted by molar-refractivity contribution is 4.95. The van der Waals surface area contributed by atoms with E-state index in [1.807, 2.05) is 0 Å². The lowest BCUT2D eigenvalue weighted by Gasteiger charge is -2.37. The number of aliphatic hydroxyl groups is 1. The second kappa shape index (κ2) is 5.48. The number of aliphatic hydroxyl groups excluding tert-OH is 1. The molecule has 3 atom stereocenters. The summed E-state index contributed by atoms with van der Waals surface area (Å²) in [5.41, 5.74) is 0. The maximum atomic E-state index is 8.87. The molecule has 0 aromatic rings. The minimum atomic E-state index is 0.321. The normalized spacial score (nSPS) is 36.6. The van der Waals surface area contributed by atoms with E-state index in [1.54, 1.807) is 0 Å². The molecule has 0 aromatic carbocycles. The molecule has 3 unspecified atom stereocenters. The predicted molar refractivity (Wildman–Crippen MR) is 66.5 cm³/mol. The maximum Gasteiger partial charge on any atom is 0.0434 e. The lowest BCUT2D eigenvalue weighted by Crippen LogP contribution is -2.48. The van der Waals surface area contributed by atoms with E-state index in [0.717, 1.165) is 31.1 Å². The average Bonchev–Trinajstić information content (AvgIpc) is 2.52. The fraction of sp³-hybridized carbons (Fsp3) is 1.00. The molecule has 0 saturated carbocycles. The van der Waals surface area contributed by atoms with Gasteiger partial charge in [0.1, 0.15) is 0 Å². The van der Waals surface area contributed by atoms with E-state index >= 15 is 0 Å². The van der Waals surface area contributed by atoms with Gasteiger partial charge in [-0.1, -0.05) is 6.92 Å². The molecule has 2 heterocycles. The highest BCUT2D eigenvalue weighted by Crippen LogP contribution is 2.34. The number of hydrogen-bond donors (Lipinski definition) is 2. The summed E-state index contributed by atoms with van der Waals surface area (Å²) in [6.07, 6.45) is 6.35. The fourth-order valence-electron chi connectivity index (χ4n) is 3.27. The van der Waals surface area contributed by atoms with E-state index in [4.69, 9.17) is 5.11 Å². The van der Waals surface area contributed by atoms with Crippen LogP contribution in [0, 0.1) is 5.92 Å². The van der Waals surface area contributed by atoms with Gasteiger partial charge in [-0.3, -0.25) is 0 Å². The van der Waals surface area contributed by atoms with Crippen LogP contribution in [0.3, 0.4) is 0 Å². The summed E-state index contributed by atoms with van der Waals surface area (Å²) in [6.45, 7) is 3.60. The van der Waals surface area contributed by atoms with Crippen LogP contribution in [0.15, 0.2) is 0 Å². The monoisotopic (exact) mass is 226 g/mol. The number of nitrogens with one attached hydrogen (secondary N) is 1. The Morgan fingerprint density at radius 3 is 2.50 bits per heavy atom. The van der Waals surface area contributed by atoms with Gasteiger partial charge < -0.3 is 15.3 Å². The molecule has 2 aliphatic rings. The van der Waals surface area contributed by atoms with E-state index in [0.29, 0.717) is 12.5 Å². The molecule has 3 nitrogen and oxygen atoms in total. The summed E-state index contributed by atoms with van der Waals surface area (Å²) >= 11 is 0. The minimum Gasteiger partial charge on any atom is -0.396 e. The Kier molecular flexibility index (Phi) is 4.22. The number of rotatable bonds is 5. The second-order valence-electron chi connectivity index (χ2n) is 5.74. The van der Waals surface area contributed by atoms with Crippen molar-refractivity contribution < 1.29 is 5.11 Å². The van der Waals surface area contributed by atoms with Crippen molar-refractivity contribution in [1.29, 1.82) is 0 Å². The average molecular weight is 226 g/mol. The van der Waals surface area contributed by atoms with E-state index < -0.39 is 0 Å². The van der Waals surface area contributed by atoms with Gasteiger partial charge in [-0.25, -0.2) is 0 Å². The Morgan fingerprint density at radius 2 is 1.94 bits per heavy atom. The van der Waals surface area contributed by atoms with Crippen LogP contribution in [0.4, 0.5) is 0 Å². The highest BCUT2D eigenvalue weighted by Gasteiger charge is 2.38. The molecule has 2 bridgehead atoms. The maximum absolute atomic E-state index is 8.87. The molecule has 0 radical (unpaired) electrons. The molecule has 0 aromatic heterocycles. The quantitative estimate of drug-likeness (QED) is 0.740. The van der Waals surface area contributed by atoms with Crippen LogP contribution in [-0.2, 0) is 0 Å². The number of fused-ring (bicyclic) bond motifs is 2. The van der Waals surface area contributed by atoms with Crippen molar-refractivity contribution >= 4 is 0 Å². The summed E-state index contributed by atoms with van der Waals surface area (Å²) < 4.78 is 0. The third-order valence-electron chi connectivity index (χ3n) is 4.48. The van der Waals surface area contributed by atoms with Crippen LogP contribution < -0.4 is 5.32 Å². The first-order chi connectivity index (χ1) is 7.70. The van der Waals surface area contributed by atoms with E-state index in [2.05, 4.69) is 24.2 Å². The summed E-state index contributed by atoms with van der Waals surface area (Å²) in [5, 5.41) is 12.6. The second-order valence-corrected chi connectivity index (χ2v) is 5.74. The van der Waals surface area contributed by atoms with Crippen molar-refractivity contribution in [1.82, 2.24) is 10.2 Å². The lowest BCUT2D eigenvalue weighted by molar-refractivity contribution is 0.145. The minimum absolute atomic E-state index is 0.321. The first kappa shape index (κ1) is 12.3. The van der Waals surface area contributed by atoms with Crippen molar-refractivity contribution in [2.45, 2.75) is 57.2 Å². The third-order valence-corrected chi connectivity index (χ3v) is 4.48. The lowest BCUT2D eigenvalue weighted by atomic mass is 9.97. The molecule has 2 aliphatic heterocycles. The zero-order chi connectivity index (χ0) is 11.5. The Balaban J connectivity index is 1.72. The standard InChI is InChI=1S/C13H26N2O/c1-10(5-6-16)9-14-11-7-12-3-4-13(8-11)15(12)2/h10-14,16H,3-9H2,1-2H3. The van der Waals surface area contributed by atoms with Crippen LogP contribution in [0.1, 0.15) is 39.0 Å². The van der Waals surface area contributed by atoms with Gasteiger partial charge in [0, 0.05) is 24.7 Å². The van der Waals surface area contributed by atoms with Crippen LogP contribution >= 0.6 is 0 Å². The first-order valence-electron chi connectivity index (χ1n) is 6.77. The van der Waals surface area contributed by atoms with E-state index in [1.165, 1.54) is 25.7 Å². The molecule has 0 aliphatic carbocycles. The molecule has 0 spiro atoms. The molecule has 2 N–H and O–H groups in total. The van der Waals surface area contributed by atoms with Crippen molar-refractivity contribution in [3.8, 4) is 0 Å². The van der Waals surface area contributed by atoms with Gasteiger partial charge >= 0.3 is 0 Å². The van der Waals surface area contributed by atoms with Gasteiger partial charge in [-0.2, -0.15) is 0 Å². The van der Waals surface area contributed by atoms with Crippen LogP contribution in [-0.4, -0.2) is 48.3 Å². The predicted octanol–water partition coefficient (Wildman–Crippen LogP) is 1.22. The molecular formula is C13H26N2O. The van der Waals surface area contributed by atoms with Crippen molar-refractivity contribution in [3.63, 3.8) is 0 Å². The van der Waals surface area contributed by atoms with Gasteiger partial charge in [0.2, 0.25) is 0 Å². The molecule has 3 heteroatoms. The topological polar surface area (TPSA) is 35.5 Å². The van der Waals surface area contributed by atoms with Crippen molar-refractivity contribution in [2.24, 2.45) is 5.92 Å². The highest BCUT2D eigenvalue weighted by atomic mass is 16.3.